The first-order valence-electron chi connectivity index (χ1n) is 10.6. The molecule has 6 heteroatoms. The smallest absolute Gasteiger partial charge is 0.220 e. The van der Waals surface area contributed by atoms with Crippen molar-refractivity contribution in [2.45, 2.75) is 57.8 Å². The van der Waals surface area contributed by atoms with Crippen LogP contribution in [0.15, 0.2) is 36.4 Å². The fourth-order valence-electron chi connectivity index (χ4n) is 4.24. The molecule has 0 radical (unpaired) electrons. The van der Waals surface area contributed by atoms with Gasteiger partial charge in [0.25, 0.3) is 0 Å². The number of aryl methyl sites for hydroxylation is 2. The van der Waals surface area contributed by atoms with Crippen LogP contribution in [0.2, 0.25) is 0 Å². The van der Waals surface area contributed by atoms with E-state index in [9.17, 15) is 4.79 Å². The van der Waals surface area contributed by atoms with E-state index in [4.69, 9.17) is 0 Å². The molecule has 0 saturated carbocycles. The third kappa shape index (κ3) is 5.20. The summed E-state index contributed by atoms with van der Waals surface area (Å²) in [7, 11) is 0. The molecule has 1 aromatic carbocycles. The number of aromatic nitrogens is 2. The lowest BCUT2D eigenvalue weighted by molar-refractivity contribution is -0.122. The third-order valence-electron chi connectivity index (χ3n) is 5.67. The van der Waals surface area contributed by atoms with Crippen molar-refractivity contribution in [1.82, 2.24) is 25.3 Å². The van der Waals surface area contributed by atoms with Gasteiger partial charge in [0.1, 0.15) is 0 Å². The second-order valence-corrected chi connectivity index (χ2v) is 8.01. The first-order chi connectivity index (χ1) is 13.8. The van der Waals surface area contributed by atoms with Crippen LogP contribution in [-0.2, 0) is 30.8 Å². The predicted molar refractivity (Wildman–Crippen MR) is 110 cm³/mol. The van der Waals surface area contributed by atoms with Gasteiger partial charge >= 0.3 is 0 Å². The van der Waals surface area contributed by atoms with Crippen molar-refractivity contribution < 1.29 is 4.79 Å². The van der Waals surface area contributed by atoms with Gasteiger partial charge in [-0.2, -0.15) is 5.10 Å². The van der Waals surface area contributed by atoms with Crippen LogP contribution in [0.25, 0.3) is 0 Å². The fourth-order valence-corrected chi connectivity index (χ4v) is 4.24. The molecule has 0 bridgehead atoms. The third-order valence-corrected chi connectivity index (χ3v) is 5.67. The standard InChI is InChI=1S/C22H31N5O/c28-22(10-9-19-14-21-15-23-11-5-13-27(21)25-19)24-20-8-4-12-26(17-20)16-18-6-2-1-3-7-18/h1-3,6-7,14,20,23H,4-5,8-13,15-17H2,(H,24,28). The van der Waals surface area contributed by atoms with Crippen LogP contribution in [0, 0.1) is 0 Å². The van der Waals surface area contributed by atoms with E-state index in [1.807, 2.05) is 0 Å². The molecule has 1 unspecified atom stereocenters. The SMILES string of the molecule is O=C(CCc1cc2n(n1)CCCNC2)NC1CCCN(Cc2ccccc2)C1. The van der Waals surface area contributed by atoms with Gasteiger partial charge in [-0.1, -0.05) is 30.3 Å². The highest BCUT2D eigenvalue weighted by Crippen LogP contribution is 2.14. The quantitative estimate of drug-likeness (QED) is 0.804. The number of rotatable bonds is 6. The van der Waals surface area contributed by atoms with Crippen molar-refractivity contribution in [3.05, 3.63) is 53.3 Å². The van der Waals surface area contributed by atoms with E-state index in [1.54, 1.807) is 0 Å². The van der Waals surface area contributed by atoms with Crippen LogP contribution in [0.4, 0.5) is 0 Å². The molecule has 150 valence electrons. The van der Waals surface area contributed by atoms with Crippen molar-refractivity contribution >= 4 is 5.91 Å². The maximum Gasteiger partial charge on any atom is 0.220 e. The van der Waals surface area contributed by atoms with E-state index in [0.29, 0.717) is 12.8 Å². The zero-order chi connectivity index (χ0) is 19.2. The minimum absolute atomic E-state index is 0.146. The molecule has 4 rings (SSSR count). The number of nitrogens with one attached hydrogen (secondary N) is 2. The average Bonchev–Trinajstić information content (AvgIpc) is 2.96. The van der Waals surface area contributed by atoms with E-state index < -0.39 is 0 Å². The van der Waals surface area contributed by atoms with Gasteiger partial charge in [-0.05, 0) is 44.0 Å². The molecule has 1 aromatic heterocycles. The molecule has 2 aliphatic rings. The van der Waals surface area contributed by atoms with Gasteiger partial charge in [-0.15, -0.1) is 0 Å². The van der Waals surface area contributed by atoms with Crippen molar-refractivity contribution in [1.29, 1.82) is 0 Å². The Hall–Kier alpha value is -2.18. The largest absolute Gasteiger partial charge is 0.352 e. The zero-order valence-corrected chi connectivity index (χ0v) is 16.6. The Labute approximate surface area is 167 Å². The molecule has 6 nitrogen and oxygen atoms in total. The summed E-state index contributed by atoms with van der Waals surface area (Å²) in [6, 6.07) is 13.0. The number of nitrogens with zero attached hydrogens (tertiary/aromatic N) is 3. The Kier molecular flexibility index (Phi) is 6.39. The number of carbonyl (C=O) groups is 1. The van der Waals surface area contributed by atoms with Crippen LogP contribution >= 0.6 is 0 Å². The van der Waals surface area contributed by atoms with Gasteiger partial charge in [0.15, 0.2) is 0 Å². The monoisotopic (exact) mass is 381 g/mol. The van der Waals surface area contributed by atoms with Crippen LogP contribution < -0.4 is 10.6 Å². The molecule has 2 N–H and O–H groups in total. The van der Waals surface area contributed by atoms with E-state index in [2.05, 4.69) is 61.7 Å². The van der Waals surface area contributed by atoms with Crippen LogP contribution in [-0.4, -0.2) is 46.3 Å². The summed E-state index contributed by atoms with van der Waals surface area (Å²) in [6.45, 7) is 5.89. The Bertz CT molecular complexity index is 749. The Morgan fingerprint density at radius 2 is 2.11 bits per heavy atom. The van der Waals surface area contributed by atoms with Gasteiger partial charge in [0, 0.05) is 45.1 Å². The second-order valence-electron chi connectivity index (χ2n) is 8.01. The highest BCUT2D eigenvalue weighted by molar-refractivity contribution is 5.76. The summed E-state index contributed by atoms with van der Waals surface area (Å²) in [5.74, 6) is 0.146. The predicted octanol–water partition coefficient (Wildman–Crippen LogP) is 2.09. The molecule has 2 aromatic rings. The summed E-state index contributed by atoms with van der Waals surface area (Å²) >= 11 is 0. The topological polar surface area (TPSA) is 62.2 Å². The molecule has 2 aliphatic heterocycles. The molecule has 1 amide bonds. The van der Waals surface area contributed by atoms with Crippen molar-refractivity contribution in [2.24, 2.45) is 0 Å². The summed E-state index contributed by atoms with van der Waals surface area (Å²) in [5, 5.41) is 11.3. The summed E-state index contributed by atoms with van der Waals surface area (Å²) in [6.07, 6.45) is 4.54. The Morgan fingerprint density at radius 3 is 3.00 bits per heavy atom. The van der Waals surface area contributed by atoms with Crippen LogP contribution in [0.1, 0.15) is 42.6 Å². The van der Waals surface area contributed by atoms with Crippen LogP contribution in [0.5, 0.6) is 0 Å². The highest BCUT2D eigenvalue weighted by atomic mass is 16.1. The molecule has 0 spiro atoms. The summed E-state index contributed by atoms with van der Waals surface area (Å²) < 4.78 is 2.09. The number of piperidine rings is 1. The average molecular weight is 382 g/mol. The maximum absolute atomic E-state index is 12.5. The van der Waals surface area contributed by atoms with Crippen molar-refractivity contribution in [3.8, 4) is 0 Å². The first kappa shape index (κ1) is 19.2. The molecule has 28 heavy (non-hydrogen) atoms. The fraction of sp³-hybridized carbons (Fsp3) is 0.545. The van der Waals surface area contributed by atoms with Gasteiger partial charge in [-0.25, -0.2) is 0 Å². The summed E-state index contributed by atoms with van der Waals surface area (Å²) in [4.78, 5) is 14.9. The van der Waals surface area contributed by atoms with E-state index in [-0.39, 0.29) is 11.9 Å². The van der Waals surface area contributed by atoms with Gasteiger partial charge < -0.3 is 10.6 Å². The van der Waals surface area contributed by atoms with Gasteiger partial charge in [-0.3, -0.25) is 14.4 Å². The maximum atomic E-state index is 12.5. The molecule has 1 atom stereocenters. The number of likely N-dealkylation sites (tertiary alicyclic amines) is 1. The van der Waals surface area contributed by atoms with Gasteiger partial charge in [0.2, 0.25) is 5.91 Å². The number of carbonyl (C=O) groups excluding carboxylic acids is 1. The Balaban J connectivity index is 1.23. The van der Waals surface area contributed by atoms with E-state index >= 15 is 0 Å². The lowest BCUT2D eigenvalue weighted by atomic mass is 10.0. The van der Waals surface area contributed by atoms with Crippen molar-refractivity contribution in [3.63, 3.8) is 0 Å². The Morgan fingerprint density at radius 1 is 1.21 bits per heavy atom. The molecule has 1 saturated heterocycles. The molecule has 1 fully saturated rings. The molecule has 0 aliphatic carbocycles. The normalized spacial score (nSPS) is 20.4. The summed E-state index contributed by atoms with van der Waals surface area (Å²) in [5.41, 5.74) is 3.60. The molecular formula is C22H31N5O. The number of hydrogen-bond donors (Lipinski definition) is 2. The van der Waals surface area contributed by atoms with Crippen molar-refractivity contribution in [2.75, 3.05) is 19.6 Å². The number of hydrogen-bond acceptors (Lipinski definition) is 4. The number of fused-ring (bicyclic) bond motifs is 1. The first-order valence-corrected chi connectivity index (χ1v) is 10.6. The molecular weight excluding hydrogens is 350 g/mol. The van der Waals surface area contributed by atoms with E-state index in [1.165, 1.54) is 11.3 Å². The van der Waals surface area contributed by atoms with Gasteiger partial charge in [0.05, 0.1) is 11.4 Å². The lowest BCUT2D eigenvalue weighted by Gasteiger charge is -2.33. The number of amides is 1. The highest BCUT2D eigenvalue weighted by Gasteiger charge is 2.21. The zero-order valence-electron chi connectivity index (χ0n) is 16.6. The number of benzene rings is 1. The second kappa shape index (κ2) is 9.34. The van der Waals surface area contributed by atoms with E-state index in [0.717, 1.165) is 64.2 Å². The minimum Gasteiger partial charge on any atom is -0.352 e. The lowest BCUT2D eigenvalue weighted by Crippen LogP contribution is -2.47. The molecule has 3 heterocycles. The minimum atomic E-state index is 0.146. The van der Waals surface area contributed by atoms with Crippen LogP contribution in [0.3, 0.4) is 0 Å².